The summed E-state index contributed by atoms with van der Waals surface area (Å²) in [5.41, 5.74) is 3.27. The molecular formula is C34H43ClN2O5S. The maximum atomic E-state index is 12.3. The van der Waals surface area contributed by atoms with E-state index in [4.69, 9.17) is 35.6 Å². The van der Waals surface area contributed by atoms with E-state index < -0.39 is 27.8 Å². The van der Waals surface area contributed by atoms with Gasteiger partial charge in [0.1, 0.15) is 12.2 Å². The number of benzene rings is 1. The largest absolute Gasteiger partial charge is 0.391 e. The number of aliphatic hydroxyl groups excluding tert-OH is 1. The lowest BCUT2D eigenvalue weighted by Gasteiger charge is -2.65. The third-order valence-corrected chi connectivity index (χ3v) is 14.6. The summed E-state index contributed by atoms with van der Waals surface area (Å²) in [7, 11) is 0. The number of halogens is 1. The zero-order chi connectivity index (χ0) is 29.8. The van der Waals surface area contributed by atoms with E-state index in [1.807, 2.05) is 18.0 Å². The second-order valence-electron chi connectivity index (χ2n) is 14.3. The number of aromatic nitrogens is 2. The Kier molecular flexibility index (Phi) is 6.62. The Bertz CT molecular complexity index is 1450. The number of thioether (sulfide) groups is 1. The Morgan fingerprint density at radius 2 is 1.91 bits per heavy atom. The smallest absolute Gasteiger partial charge is 0.227 e. The number of fused-ring (bicyclic) bond motifs is 8. The molecule has 7 nitrogen and oxygen atoms in total. The van der Waals surface area contributed by atoms with Crippen molar-refractivity contribution in [2.75, 3.05) is 25.9 Å². The van der Waals surface area contributed by atoms with Crippen molar-refractivity contribution in [3.05, 3.63) is 47.3 Å². The van der Waals surface area contributed by atoms with E-state index in [1.54, 1.807) is 0 Å². The van der Waals surface area contributed by atoms with Crippen LogP contribution < -0.4 is 0 Å². The van der Waals surface area contributed by atoms with Crippen LogP contribution in [0.3, 0.4) is 0 Å². The first-order valence-electron chi connectivity index (χ1n) is 16.0. The summed E-state index contributed by atoms with van der Waals surface area (Å²) in [5, 5.41) is 17.2. The van der Waals surface area contributed by atoms with Gasteiger partial charge >= 0.3 is 0 Å². The normalized spacial score (nSPS) is 44.7. The van der Waals surface area contributed by atoms with E-state index in [2.05, 4.69) is 62.7 Å². The molecule has 232 valence electrons. The zero-order valence-electron chi connectivity index (χ0n) is 25.6. The van der Waals surface area contributed by atoms with Crippen molar-refractivity contribution in [3.63, 3.8) is 0 Å². The van der Waals surface area contributed by atoms with Crippen molar-refractivity contribution >= 4 is 29.4 Å². The number of aliphatic hydroxyl groups is 1. The number of allylic oxidation sites excluding steroid dienone is 1. The summed E-state index contributed by atoms with van der Waals surface area (Å²) in [5.74, 6) is 0.744. The van der Waals surface area contributed by atoms with Gasteiger partial charge in [0.15, 0.2) is 13.6 Å². The van der Waals surface area contributed by atoms with Crippen LogP contribution in [0, 0.1) is 28.6 Å². The molecule has 2 aromatic rings. The van der Waals surface area contributed by atoms with Gasteiger partial charge < -0.3 is 24.1 Å². The highest BCUT2D eigenvalue weighted by molar-refractivity contribution is 7.99. The molecule has 1 unspecified atom stereocenters. The van der Waals surface area contributed by atoms with Gasteiger partial charge in [-0.05, 0) is 97.9 Å². The minimum atomic E-state index is -0.938. The predicted molar refractivity (Wildman–Crippen MR) is 166 cm³/mol. The van der Waals surface area contributed by atoms with Gasteiger partial charge in [-0.25, -0.2) is 4.68 Å². The zero-order valence-corrected chi connectivity index (χ0v) is 27.2. The van der Waals surface area contributed by atoms with Crippen LogP contribution in [-0.2, 0) is 25.4 Å². The Balaban J connectivity index is 1.15. The Hall–Kier alpha value is -1.39. The first kappa shape index (κ1) is 29.0. The molecule has 6 aliphatic rings. The maximum Gasteiger partial charge on any atom is 0.227 e. The van der Waals surface area contributed by atoms with Crippen molar-refractivity contribution in [1.82, 2.24) is 9.78 Å². The van der Waals surface area contributed by atoms with E-state index >= 15 is 0 Å². The van der Waals surface area contributed by atoms with Gasteiger partial charge in [-0.3, -0.25) is 0 Å². The fraction of sp³-hybridized carbons (Fsp3) is 0.676. The number of alkyl halides is 1. The van der Waals surface area contributed by atoms with E-state index in [0.717, 1.165) is 49.2 Å². The summed E-state index contributed by atoms with van der Waals surface area (Å²) in [6, 6.07) is 8.72. The highest BCUT2D eigenvalue weighted by atomic mass is 35.5. The maximum absolute atomic E-state index is 12.3. The lowest BCUT2D eigenvalue weighted by Crippen LogP contribution is -2.71. The molecule has 3 heterocycles. The van der Waals surface area contributed by atoms with Crippen LogP contribution in [0.4, 0.5) is 0 Å². The number of ether oxygens (including phenoxy) is 4. The summed E-state index contributed by atoms with van der Waals surface area (Å²) < 4.78 is 26.9. The summed E-state index contributed by atoms with van der Waals surface area (Å²) in [4.78, 5) is 0.484. The van der Waals surface area contributed by atoms with Crippen LogP contribution in [0.2, 0.25) is 0 Å². The first-order valence-corrected chi connectivity index (χ1v) is 17.4. The highest BCUT2D eigenvalue weighted by Crippen LogP contribution is 2.75. The van der Waals surface area contributed by atoms with Crippen LogP contribution in [0.5, 0.6) is 0 Å². The lowest BCUT2D eigenvalue weighted by molar-refractivity contribution is -0.264. The molecule has 43 heavy (non-hydrogen) atoms. The van der Waals surface area contributed by atoms with Gasteiger partial charge in [0.25, 0.3) is 0 Å². The Labute approximate surface area is 263 Å². The lowest BCUT2D eigenvalue weighted by atomic mass is 9.44. The van der Waals surface area contributed by atoms with E-state index in [0.29, 0.717) is 13.0 Å². The number of rotatable bonds is 4. The number of hydrogen-bond donors (Lipinski definition) is 1. The van der Waals surface area contributed by atoms with Crippen molar-refractivity contribution in [3.8, 4) is 5.69 Å². The molecule has 9 heteroatoms. The van der Waals surface area contributed by atoms with Crippen LogP contribution in [0.25, 0.3) is 11.8 Å². The summed E-state index contributed by atoms with van der Waals surface area (Å²) in [6.45, 7) is 9.79. The molecule has 0 amide bonds. The molecule has 8 rings (SSSR count). The second kappa shape index (κ2) is 9.81. The van der Waals surface area contributed by atoms with Gasteiger partial charge in [-0.15, -0.1) is 23.4 Å². The van der Waals surface area contributed by atoms with E-state index in [9.17, 15) is 5.11 Å². The minimum absolute atomic E-state index is 0.125. The van der Waals surface area contributed by atoms with Gasteiger partial charge in [-0.2, -0.15) is 5.10 Å². The monoisotopic (exact) mass is 626 g/mol. The molecule has 2 spiro atoms. The number of hydrogen-bond acceptors (Lipinski definition) is 7. The molecule has 9 atom stereocenters. The third kappa shape index (κ3) is 3.55. The van der Waals surface area contributed by atoms with Crippen molar-refractivity contribution in [1.29, 1.82) is 0 Å². The SMILES string of the molecule is CCCSc1ccc(-n2ncc3c2C=C2CC[C@H]4[C@@H]5C[C@@H](C)[C@@]6(OCOC67COCO7)[C@@]5(C)C[C@H](O)[C@]4(Cl)[C@@]2(C)C3)cc1. The first-order chi connectivity index (χ1) is 20.6. The average Bonchev–Trinajstić information content (AvgIpc) is 3.77. The number of nitrogens with zero attached hydrogens (tertiary/aromatic N) is 2. The molecule has 4 aliphatic carbocycles. The molecular weight excluding hydrogens is 584 g/mol. The quantitative estimate of drug-likeness (QED) is 0.304. The van der Waals surface area contributed by atoms with Crippen LogP contribution in [0.1, 0.15) is 71.1 Å². The molecule has 1 N–H and O–H groups in total. The van der Waals surface area contributed by atoms with Gasteiger partial charge in [0.05, 0.1) is 28.6 Å². The van der Waals surface area contributed by atoms with Crippen molar-refractivity contribution in [2.24, 2.45) is 28.6 Å². The molecule has 5 fully saturated rings. The fourth-order valence-electron chi connectivity index (χ4n) is 10.7. The van der Waals surface area contributed by atoms with Crippen molar-refractivity contribution in [2.45, 2.75) is 93.5 Å². The minimum Gasteiger partial charge on any atom is -0.391 e. The van der Waals surface area contributed by atoms with E-state index in [1.165, 1.54) is 16.0 Å². The Morgan fingerprint density at radius 1 is 1.12 bits per heavy atom. The van der Waals surface area contributed by atoms with Gasteiger partial charge in [0.2, 0.25) is 5.79 Å². The Morgan fingerprint density at radius 3 is 2.65 bits per heavy atom. The van der Waals surface area contributed by atoms with Crippen molar-refractivity contribution < 1.29 is 24.1 Å². The van der Waals surface area contributed by atoms with Crippen LogP contribution in [0.15, 0.2) is 40.9 Å². The van der Waals surface area contributed by atoms with Gasteiger partial charge in [-0.1, -0.05) is 33.3 Å². The topological polar surface area (TPSA) is 75.0 Å². The molecule has 1 aromatic heterocycles. The standard InChI is InChI=1S/C34H43ClN2O5S/c1-5-12-43-25-9-7-24(8-10-25)37-28-14-23-6-11-26-27-13-21(2)34(32(41-20-42-34)18-39-19-40-32)31(27,4)16-29(38)33(26,35)30(23,3)15-22(28)17-36-37/h7-10,14,17,21,26-27,29,38H,5-6,11-13,15-16,18-20H2,1-4H3/t21-,26+,27+,29+,30+,31+,32?,33+,34-/m1/s1. The molecule has 1 aromatic carbocycles. The summed E-state index contributed by atoms with van der Waals surface area (Å²) in [6.07, 6.45) is 8.93. The third-order valence-electron chi connectivity index (χ3n) is 12.5. The highest BCUT2D eigenvalue weighted by Gasteiger charge is 2.81. The molecule has 0 radical (unpaired) electrons. The van der Waals surface area contributed by atoms with Crippen LogP contribution in [-0.4, -0.2) is 63.2 Å². The molecule has 3 saturated carbocycles. The van der Waals surface area contributed by atoms with E-state index in [-0.39, 0.29) is 36.8 Å². The molecule has 2 saturated heterocycles. The molecule has 2 aliphatic heterocycles. The molecule has 0 bridgehead atoms. The summed E-state index contributed by atoms with van der Waals surface area (Å²) >= 11 is 9.86. The average molecular weight is 627 g/mol. The second-order valence-corrected chi connectivity index (χ2v) is 16.1. The predicted octanol–water partition coefficient (Wildman–Crippen LogP) is 6.58. The fourth-order valence-corrected chi connectivity index (χ4v) is 12.0. The van der Waals surface area contributed by atoms with Gasteiger partial charge in [0, 0.05) is 15.7 Å². The van der Waals surface area contributed by atoms with Crippen LogP contribution >= 0.6 is 23.4 Å².